The van der Waals surface area contributed by atoms with Crippen LogP contribution in [0.2, 0.25) is 30.2 Å². The molecule has 0 saturated heterocycles. The van der Waals surface area contributed by atoms with E-state index in [-0.39, 0.29) is 0 Å². The van der Waals surface area contributed by atoms with Crippen LogP contribution < -0.4 is 0 Å². The van der Waals surface area contributed by atoms with Crippen LogP contribution >= 0.6 is 22.2 Å². The normalized spacial score (nSPS) is 13.3. The van der Waals surface area contributed by atoms with E-state index in [0.29, 0.717) is 0 Å². The summed E-state index contributed by atoms with van der Waals surface area (Å²) >= 11 is 13.7. The van der Waals surface area contributed by atoms with Crippen LogP contribution in [0.25, 0.3) is 0 Å². The fourth-order valence-electron chi connectivity index (χ4n) is 3.03. The Morgan fingerprint density at radius 3 is 1.55 bits per heavy atom. The Bertz CT molecular complexity index is 255. The minimum atomic E-state index is -1.62. The van der Waals surface area contributed by atoms with Crippen LogP contribution in [0, 0.1) is 0 Å². The molecule has 0 aliphatic carbocycles. The van der Waals surface area contributed by atoms with Crippen LogP contribution in [0.5, 0.6) is 0 Å². The third-order valence-electron chi connectivity index (χ3n) is 3.90. The molecule has 0 rings (SSSR count). The first-order valence-electron chi connectivity index (χ1n) is 8.50. The number of allylic oxidation sites excluding steroid dienone is 1. The highest BCUT2D eigenvalue weighted by Crippen LogP contribution is 2.31. The molecule has 0 heterocycles. The van der Waals surface area contributed by atoms with E-state index < -0.39 is 14.8 Å². The van der Waals surface area contributed by atoms with E-state index in [4.69, 9.17) is 22.2 Å². The second-order valence-corrected chi connectivity index (χ2v) is 18.0. The van der Waals surface area contributed by atoms with Crippen molar-refractivity contribution in [3.63, 3.8) is 0 Å². The summed E-state index contributed by atoms with van der Waals surface area (Å²) in [6, 6.07) is 6.19. The van der Waals surface area contributed by atoms with Crippen LogP contribution in [0.4, 0.5) is 0 Å². The summed E-state index contributed by atoms with van der Waals surface area (Å²) in [4.78, 5) is 0. The lowest BCUT2D eigenvalue weighted by atomic mass is 10.5. The smallest absolute Gasteiger partial charge is 0.167 e. The predicted octanol–water partition coefficient (Wildman–Crippen LogP) is 7.48. The summed E-state index contributed by atoms with van der Waals surface area (Å²) < 4.78 is 0. The molecular weight excluding hydrogens is 319 g/mol. The van der Waals surface area contributed by atoms with Crippen molar-refractivity contribution in [2.45, 2.75) is 90.0 Å². The lowest BCUT2D eigenvalue weighted by molar-refractivity contribution is 0.968. The molecule has 0 fully saturated rings. The molecule has 120 valence electrons. The number of halogens is 2. The quantitative estimate of drug-likeness (QED) is 0.252. The third kappa shape index (κ3) is 8.91. The van der Waals surface area contributed by atoms with Gasteiger partial charge in [-0.1, -0.05) is 65.2 Å². The van der Waals surface area contributed by atoms with Crippen LogP contribution in [-0.4, -0.2) is 14.8 Å². The molecule has 0 unspecified atom stereocenters. The Kier molecular flexibility index (Phi) is 11.8. The van der Waals surface area contributed by atoms with E-state index in [1.165, 1.54) is 55.9 Å². The van der Waals surface area contributed by atoms with Gasteiger partial charge in [-0.2, -0.15) is 22.2 Å². The molecule has 0 bridgehead atoms. The summed E-state index contributed by atoms with van der Waals surface area (Å²) in [5.41, 5.74) is 2.39. The SMILES string of the molecule is CCC[Si](Cl)(C=CCC[Si](Cl)(CCC)CCC)CCC. The van der Waals surface area contributed by atoms with Gasteiger partial charge in [0.25, 0.3) is 0 Å². The Hall–Kier alpha value is 0.754. The molecule has 0 aromatic rings. The van der Waals surface area contributed by atoms with Crippen molar-refractivity contribution in [1.29, 1.82) is 0 Å². The van der Waals surface area contributed by atoms with Crippen molar-refractivity contribution in [1.82, 2.24) is 0 Å². The molecule has 0 aliphatic rings. The average molecular weight is 354 g/mol. The first kappa shape index (κ1) is 20.8. The van der Waals surface area contributed by atoms with Crippen LogP contribution in [0.15, 0.2) is 11.8 Å². The highest BCUT2D eigenvalue weighted by atomic mass is 35.6. The summed E-state index contributed by atoms with van der Waals surface area (Å²) in [6.45, 7) is 9.00. The van der Waals surface area contributed by atoms with E-state index in [2.05, 4.69) is 39.5 Å². The standard InChI is InChI=1S/C16H34Cl2Si2/c1-5-11-19(17,12-6-2)15-9-10-16-20(18,13-7-3)14-8-4/h9,15H,5-8,10-14,16H2,1-4H3. The third-order valence-corrected chi connectivity index (χ3v) is 14.6. The maximum atomic E-state index is 6.90. The highest BCUT2D eigenvalue weighted by molar-refractivity contribution is 7.23. The van der Waals surface area contributed by atoms with Crippen LogP contribution in [0.1, 0.15) is 59.8 Å². The molecule has 0 saturated carbocycles. The van der Waals surface area contributed by atoms with Gasteiger partial charge in [0.15, 0.2) is 14.8 Å². The summed E-state index contributed by atoms with van der Waals surface area (Å²) in [7, 11) is -3.11. The fraction of sp³-hybridized carbons (Fsp3) is 0.875. The van der Waals surface area contributed by atoms with Crippen molar-refractivity contribution in [3.05, 3.63) is 11.8 Å². The van der Waals surface area contributed by atoms with Gasteiger partial charge in [-0.25, -0.2) is 0 Å². The van der Waals surface area contributed by atoms with E-state index in [1.54, 1.807) is 0 Å². The first-order chi connectivity index (χ1) is 9.45. The number of rotatable bonds is 12. The van der Waals surface area contributed by atoms with Crippen molar-refractivity contribution < 1.29 is 0 Å². The van der Waals surface area contributed by atoms with Crippen molar-refractivity contribution in [2.75, 3.05) is 0 Å². The van der Waals surface area contributed by atoms with Gasteiger partial charge >= 0.3 is 0 Å². The van der Waals surface area contributed by atoms with Crippen LogP contribution in [0.3, 0.4) is 0 Å². The predicted molar refractivity (Wildman–Crippen MR) is 102 cm³/mol. The Balaban J connectivity index is 4.38. The highest BCUT2D eigenvalue weighted by Gasteiger charge is 2.28. The van der Waals surface area contributed by atoms with Gasteiger partial charge in [0, 0.05) is 0 Å². The summed E-state index contributed by atoms with van der Waals surface area (Å²) in [5, 5.41) is 0. The molecule has 0 atom stereocenters. The zero-order valence-corrected chi connectivity index (χ0v) is 17.5. The first-order valence-corrected chi connectivity index (χ1v) is 15.6. The topological polar surface area (TPSA) is 0 Å². The summed E-state index contributed by atoms with van der Waals surface area (Å²) in [6.07, 6.45) is 8.39. The monoisotopic (exact) mass is 352 g/mol. The number of hydrogen-bond donors (Lipinski definition) is 0. The molecule has 0 spiro atoms. The second-order valence-electron chi connectivity index (χ2n) is 6.13. The number of hydrogen-bond acceptors (Lipinski definition) is 0. The molecule has 0 N–H and O–H groups in total. The van der Waals surface area contributed by atoms with Crippen molar-refractivity contribution >= 4 is 36.9 Å². The largest absolute Gasteiger partial charge is 0.179 e. The zero-order valence-electron chi connectivity index (χ0n) is 14.0. The minimum Gasteiger partial charge on any atom is -0.167 e. The van der Waals surface area contributed by atoms with E-state index in [9.17, 15) is 0 Å². The molecule has 0 aromatic heterocycles. The van der Waals surface area contributed by atoms with Crippen molar-refractivity contribution in [2.24, 2.45) is 0 Å². The lowest BCUT2D eigenvalue weighted by Crippen LogP contribution is -2.26. The Labute approximate surface area is 138 Å². The van der Waals surface area contributed by atoms with Gasteiger partial charge in [-0.15, -0.1) is 0 Å². The van der Waals surface area contributed by atoms with Gasteiger partial charge in [-0.05, 0) is 36.6 Å². The van der Waals surface area contributed by atoms with Gasteiger partial charge in [-0.3, -0.25) is 0 Å². The zero-order chi connectivity index (χ0) is 15.5. The van der Waals surface area contributed by atoms with Gasteiger partial charge in [0.1, 0.15) is 0 Å². The van der Waals surface area contributed by atoms with Crippen LogP contribution in [-0.2, 0) is 0 Å². The Morgan fingerprint density at radius 1 is 0.700 bits per heavy atom. The lowest BCUT2D eigenvalue weighted by Gasteiger charge is -2.23. The van der Waals surface area contributed by atoms with Gasteiger partial charge in [0.2, 0.25) is 0 Å². The molecule has 0 nitrogen and oxygen atoms in total. The maximum Gasteiger partial charge on any atom is 0.179 e. The molecule has 0 radical (unpaired) electrons. The molecule has 0 aromatic carbocycles. The minimum absolute atomic E-state index is 1.14. The molecule has 0 amide bonds. The van der Waals surface area contributed by atoms with E-state index >= 15 is 0 Å². The van der Waals surface area contributed by atoms with Gasteiger partial charge in [0.05, 0.1) is 0 Å². The molecule has 4 heteroatoms. The molecule has 0 aliphatic heterocycles. The van der Waals surface area contributed by atoms with Crippen molar-refractivity contribution in [3.8, 4) is 0 Å². The second kappa shape index (κ2) is 11.3. The molecular formula is C16H34Cl2Si2. The van der Waals surface area contributed by atoms with E-state index in [1.807, 2.05) is 0 Å². The molecule has 20 heavy (non-hydrogen) atoms. The summed E-state index contributed by atoms with van der Waals surface area (Å²) in [5.74, 6) is 0. The maximum absolute atomic E-state index is 6.90. The van der Waals surface area contributed by atoms with Gasteiger partial charge < -0.3 is 0 Å². The average Bonchev–Trinajstić information content (AvgIpc) is 2.36. The fourth-order valence-corrected chi connectivity index (χ4v) is 12.0. The van der Waals surface area contributed by atoms with E-state index in [0.717, 1.165) is 6.42 Å². The Morgan fingerprint density at radius 2 is 1.15 bits per heavy atom.